The molecule has 0 saturated carbocycles. The minimum absolute atomic E-state index is 0. The van der Waals surface area contributed by atoms with Crippen LogP contribution >= 0.6 is 24.0 Å². The molecule has 144 valence electrons. The van der Waals surface area contributed by atoms with Crippen molar-refractivity contribution in [2.45, 2.75) is 6.54 Å². The molecule has 2 aromatic carbocycles. The van der Waals surface area contributed by atoms with E-state index in [0.717, 1.165) is 28.2 Å². The van der Waals surface area contributed by atoms with Crippen molar-refractivity contribution in [2.75, 3.05) is 27.3 Å². The van der Waals surface area contributed by atoms with Crippen molar-refractivity contribution < 1.29 is 13.9 Å². The summed E-state index contributed by atoms with van der Waals surface area (Å²) in [7, 11) is 3.38. The Morgan fingerprint density at radius 2 is 1.78 bits per heavy atom. The molecular formula is C20H24IN3O3. The van der Waals surface area contributed by atoms with E-state index in [9.17, 15) is 0 Å². The van der Waals surface area contributed by atoms with Gasteiger partial charge in [0.1, 0.15) is 29.4 Å². The predicted octanol–water partition coefficient (Wildman–Crippen LogP) is 3.80. The Morgan fingerprint density at radius 1 is 1.04 bits per heavy atom. The minimum atomic E-state index is 0. The van der Waals surface area contributed by atoms with E-state index in [-0.39, 0.29) is 24.0 Å². The Morgan fingerprint density at radius 3 is 2.48 bits per heavy atom. The smallest absolute Gasteiger partial charge is 0.191 e. The number of aliphatic imine (C=N–C) groups is 1. The van der Waals surface area contributed by atoms with Gasteiger partial charge in [0, 0.05) is 12.4 Å². The lowest BCUT2D eigenvalue weighted by molar-refractivity contribution is 0.321. The molecule has 0 radical (unpaired) electrons. The molecule has 0 atom stereocenters. The molecule has 7 heteroatoms. The fraction of sp³-hybridized carbons (Fsp3) is 0.250. The number of fused-ring (bicyclic) bond motifs is 1. The Balaban J connectivity index is 0.00000261. The molecule has 0 spiro atoms. The van der Waals surface area contributed by atoms with Crippen LogP contribution in [0.25, 0.3) is 11.0 Å². The number of halogens is 1. The van der Waals surface area contributed by atoms with Crippen molar-refractivity contribution in [3.05, 3.63) is 60.4 Å². The first-order valence-electron chi connectivity index (χ1n) is 8.47. The third-order valence-corrected chi connectivity index (χ3v) is 3.85. The zero-order valence-electron chi connectivity index (χ0n) is 15.4. The predicted molar refractivity (Wildman–Crippen MR) is 118 cm³/mol. The second-order valence-corrected chi connectivity index (χ2v) is 5.63. The van der Waals surface area contributed by atoms with Gasteiger partial charge >= 0.3 is 0 Å². The second-order valence-electron chi connectivity index (χ2n) is 5.63. The molecule has 0 aliphatic carbocycles. The maximum Gasteiger partial charge on any atom is 0.191 e. The molecular weight excluding hydrogens is 457 g/mol. The molecule has 1 heterocycles. The maximum atomic E-state index is 5.79. The van der Waals surface area contributed by atoms with Crippen LogP contribution in [0, 0.1) is 0 Å². The number of guanidine groups is 1. The molecule has 0 fully saturated rings. The van der Waals surface area contributed by atoms with Gasteiger partial charge in [0.05, 0.1) is 20.2 Å². The summed E-state index contributed by atoms with van der Waals surface area (Å²) >= 11 is 0. The van der Waals surface area contributed by atoms with Crippen molar-refractivity contribution in [3.8, 4) is 11.5 Å². The molecule has 0 aliphatic rings. The van der Waals surface area contributed by atoms with Gasteiger partial charge in [-0.2, -0.15) is 0 Å². The average Bonchev–Trinajstić information content (AvgIpc) is 3.11. The van der Waals surface area contributed by atoms with E-state index in [1.807, 2.05) is 54.6 Å². The number of hydrogen-bond acceptors (Lipinski definition) is 4. The van der Waals surface area contributed by atoms with Gasteiger partial charge in [0.15, 0.2) is 5.96 Å². The molecule has 0 aliphatic heterocycles. The standard InChI is InChI=1S/C20H23N3O3.HI/c1-21-20(22-11-12-25-17-9-7-16(24-2)8-10-17)23-14-18-13-15-5-3-4-6-19(15)26-18;/h3-10,13H,11-12,14H2,1-2H3,(H2,21,22,23);1H. The third kappa shape index (κ3) is 6.06. The van der Waals surface area contributed by atoms with Gasteiger partial charge in [-0.25, -0.2) is 0 Å². The summed E-state index contributed by atoms with van der Waals surface area (Å²) in [6.45, 7) is 1.72. The SMILES string of the molecule is CN=C(NCCOc1ccc(OC)cc1)NCc1cc2ccccc2o1.I. The Bertz CT molecular complexity index is 829. The summed E-state index contributed by atoms with van der Waals surface area (Å²) in [5.74, 6) is 3.18. The van der Waals surface area contributed by atoms with Crippen molar-refractivity contribution in [1.82, 2.24) is 10.6 Å². The van der Waals surface area contributed by atoms with Crippen LogP contribution in [0.4, 0.5) is 0 Å². The van der Waals surface area contributed by atoms with Gasteiger partial charge in [0.25, 0.3) is 0 Å². The molecule has 3 rings (SSSR count). The first-order chi connectivity index (χ1) is 12.8. The Labute approximate surface area is 176 Å². The first-order valence-corrected chi connectivity index (χ1v) is 8.47. The number of para-hydroxylation sites is 1. The van der Waals surface area contributed by atoms with E-state index in [1.54, 1.807) is 14.2 Å². The third-order valence-electron chi connectivity index (χ3n) is 3.85. The maximum absolute atomic E-state index is 5.79. The van der Waals surface area contributed by atoms with Crippen LogP contribution < -0.4 is 20.1 Å². The van der Waals surface area contributed by atoms with Gasteiger partial charge < -0.3 is 24.5 Å². The zero-order chi connectivity index (χ0) is 18.2. The number of ether oxygens (including phenoxy) is 2. The van der Waals surface area contributed by atoms with Crippen LogP contribution in [0.15, 0.2) is 64.0 Å². The topological polar surface area (TPSA) is 68.0 Å². The van der Waals surface area contributed by atoms with Crippen molar-refractivity contribution in [3.63, 3.8) is 0 Å². The van der Waals surface area contributed by atoms with E-state index in [1.165, 1.54) is 0 Å². The lowest BCUT2D eigenvalue weighted by Gasteiger charge is -2.12. The molecule has 1 aromatic heterocycles. The van der Waals surface area contributed by atoms with Crippen LogP contribution in [0.2, 0.25) is 0 Å². The van der Waals surface area contributed by atoms with Crippen molar-refractivity contribution in [1.29, 1.82) is 0 Å². The molecule has 6 nitrogen and oxygen atoms in total. The van der Waals surface area contributed by atoms with Gasteiger partial charge in [0.2, 0.25) is 0 Å². The summed E-state index contributed by atoms with van der Waals surface area (Å²) < 4.78 is 16.6. The number of benzene rings is 2. The lowest BCUT2D eigenvalue weighted by atomic mass is 10.2. The normalized spacial score (nSPS) is 11.0. The first kappa shape index (κ1) is 20.9. The van der Waals surface area contributed by atoms with Crippen LogP contribution in [0.5, 0.6) is 11.5 Å². The molecule has 0 amide bonds. The van der Waals surface area contributed by atoms with E-state index in [0.29, 0.717) is 25.7 Å². The number of rotatable bonds is 7. The lowest BCUT2D eigenvalue weighted by Crippen LogP contribution is -2.38. The van der Waals surface area contributed by atoms with Crippen LogP contribution in [0.1, 0.15) is 5.76 Å². The van der Waals surface area contributed by atoms with E-state index in [4.69, 9.17) is 13.9 Å². The van der Waals surface area contributed by atoms with E-state index in [2.05, 4.69) is 15.6 Å². The van der Waals surface area contributed by atoms with Crippen molar-refractivity contribution in [2.24, 2.45) is 4.99 Å². The molecule has 0 bridgehead atoms. The summed E-state index contributed by atoms with van der Waals surface area (Å²) in [4.78, 5) is 4.20. The summed E-state index contributed by atoms with van der Waals surface area (Å²) in [6.07, 6.45) is 0. The number of furan rings is 1. The highest BCUT2D eigenvalue weighted by Crippen LogP contribution is 2.18. The fourth-order valence-corrected chi connectivity index (χ4v) is 2.53. The van der Waals surface area contributed by atoms with E-state index < -0.39 is 0 Å². The largest absolute Gasteiger partial charge is 0.497 e. The number of hydrogen-bond donors (Lipinski definition) is 2. The summed E-state index contributed by atoms with van der Waals surface area (Å²) in [5, 5.41) is 7.54. The molecule has 3 aromatic rings. The van der Waals surface area contributed by atoms with Gasteiger partial charge in [-0.3, -0.25) is 4.99 Å². The second kappa shape index (κ2) is 10.7. The minimum Gasteiger partial charge on any atom is -0.497 e. The Kier molecular flexibility index (Phi) is 8.25. The van der Waals surface area contributed by atoms with Crippen LogP contribution in [-0.2, 0) is 6.54 Å². The fourth-order valence-electron chi connectivity index (χ4n) is 2.53. The zero-order valence-corrected chi connectivity index (χ0v) is 17.7. The highest BCUT2D eigenvalue weighted by molar-refractivity contribution is 14.0. The number of nitrogens with zero attached hydrogens (tertiary/aromatic N) is 1. The number of methoxy groups -OCH3 is 1. The van der Waals surface area contributed by atoms with E-state index >= 15 is 0 Å². The highest BCUT2D eigenvalue weighted by atomic mass is 127. The van der Waals surface area contributed by atoms with Gasteiger partial charge in [-0.05, 0) is 36.4 Å². The summed E-state index contributed by atoms with van der Waals surface area (Å²) in [5.41, 5.74) is 0.889. The van der Waals surface area contributed by atoms with Gasteiger partial charge in [-0.15, -0.1) is 24.0 Å². The van der Waals surface area contributed by atoms with Crippen LogP contribution in [-0.4, -0.2) is 33.3 Å². The quantitative estimate of drug-likeness (QED) is 0.233. The number of nitrogens with one attached hydrogen (secondary N) is 2. The highest BCUT2D eigenvalue weighted by Gasteiger charge is 2.04. The van der Waals surface area contributed by atoms with Crippen LogP contribution in [0.3, 0.4) is 0 Å². The molecule has 2 N–H and O–H groups in total. The molecule has 27 heavy (non-hydrogen) atoms. The summed E-state index contributed by atoms with van der Waals surface area (Å²) in [6, 6.07) is 17.5. The molecule has 0 unspecified atom stereocenters. The Hall–Kier alpha value is -2.42. The average molecular weight is 481 g/mol. The monoisotopic (exact) mass is 481 g/mol. The van der Waals surface area contributed by atoms with Crippen molar-refractivity contribution >= 4 is 40.9 Å². The van der Waals surface area contributed by atoms with Gasteiger partial charge in [-0.1, -0.05) is 18.2 Å². The molecule has 0 saturated heterocycles.